The molecule has 1 aromatic heterocycles. The second-order valence-corrected chi connectivity index (χ2v) is 27.2. The van der Waals surface area contributed by atoms with Gasteiger partial charge in [-0.15, -0.1) is 0 Å². The van der Waals surface area contributed by atoms with Crippen molar-refractivity contribution in [2.75, 3.05) is 50.1 Å². The number of amides is 14. The number of nitrogens with one attached hydrogen (secondary N) is 11. The van der Waals surface area contributed by atoms with Gasteiger partial charge in [-0.1, -0.05) is 53.2 Å². The molecule has 2 fully saturated rings. The number of aliphatic hydroxyl groups excluding tert-OH is 3. The fraction of sp³-hybridized carbons (Fsp3) is 0.548. The van der Waals surface area contributed by atoms with Crippen molar-refractivity contribution in [3.63, 3.8) is 0 Å². The van der Waals surface area contributed by atoms with E-state index in [0.29, 0.717) is 17.7 Å². The maximum atomic E-state index is 15.2. The molecule has 14 amide bonds. The third-order valence-electron chi connectivity index (χ3n) is 17.2. The van der Waals surface area contributed by atoms with Crippen LogP contribution in [0.15, 0.2) is 47.5 Å². The Bertz CT molecular complexity index is 3550. The predicted molar refractivity (Wildman–Crippen MR) is 348 cm³/mol. The first-order chi connectivity index (χ1) is 45.9. The molecule has 2 bridgehead atoms. The van der Waals surface area contributed by atoms with E-state index in [9.17, 15) is 82.4 Å². The third kappa shape index (κ3) is 19.4. The smallest absolute Gasteiger partial charge is 0.246 e. The number of imide groups is 1. The number of aromatic amines is 1. The molecule has 14 atom stereocenters. The van der Waals surface area contributed by atoms with Gasteiger partial charge >= 0.3 is 0 Å². The van der Waals surface area contributed by atoms with E-state index in [4.69, 9.17) is 10.5 Å². The van der Waals surface area contributed by atoms with Crippen LogP contribution in [0.2, 0.25) is 0 Å². The fourth-order valence-corrected chi connectivity index (χ4v) is 13.4. The summed E-state index contributed by atoms with van der Waals surface area (Å²) in [6.07, 6.45) is -3.18. The largest absolute Gasteiger partial charge is 0.489 e. The van der Waals surface area contributed by atoms with Crippen LogP contribution in [-0.4, -0.2) is 228 Å². The Morgan fingerprint density at radius 3 is 2.10 bits per heavy atom. The van der Waals surface area contributed by atoms with Crippen LogP contribution in [0.3, 0.4) is 0 Å². The molecule has 5 heterocycles. The first-order valence-corrected chi connectivity index (χ1v) is 34.2. The maximum Gasteiger partial charge on any atom is 0.246 e. The number of ether oxygens (including phenoxy) is 1. The average molecular weight is 1390 g/mol. The van der Waals surface area contributed by atoms with Gasteiger partial charge in [0.15, 0.2) is 0 Å². The standard InChI is InChI=1S/C62H84N14O19S2/c1-8-29(4)51-57(89)65-22-47(82)68-41-27-97(94)60-37(19-39(54(86)64-23-48(83)73-51)69-59(91)52(30(5)43(79)25-77)74-56(88)42-17-34(78)24-76(42)61(92)40(20-45(63)80)70-55(41)87)36-14-13-35(18-38(36)71-60)95-26-32-9-11-33(12-10-32)67-53(85)31(6)66-58(90)50(28(2)3)72-46(81)15-16-75-49(84)21-44(96-7)62(75)93/h9-14,18,28-31,34,39-44,50-52,71,77-79H,8,15-17,19-27H2,1-7H3,(H2,63,80)(H,64,86)(H,65,89)(H,66,90)(H,67,85)(H,68,82)(H,69,91)(H,70,87)(H,72,81)(H,73,83)(H,74,88)/t29-,30-,31-,34+,39-,40-,41-,42-,43-,44?,50-,51-,52-,97?/m0/s1. The first kappa shape index (κ1) is 75.3. The van der Waals surface area contributed by atoms with Gasteiger partial charge in [0.05, 0.1) is 65.6 Å². The molecule has 2 saturated heterocycles. The highest BCUT2D eigenvalue weighted by atomic mass is 32.2. The third-order valence-corrected chi connectivity index (χ3v) is 19.6. The summed E-state index contributed by atoms with van der Waals surface area (Å²) in [6.45, 7) is 6.15. The molecule has 0 spiro atoms. The van der Waals surface area contributed by atoms with Gasteiger partial charge in [-0.2, -0.15) is 11.8 Å². The molecular formula is C62H84N14O19S2. The van der Waals surface area contributed by atoms with Crippen LogP contribution in [0.5, 0.6) is 5.75 Å². The minimum atomic E-state index is -2.48. The first-order valence-electron chi connectivity index (χ1n) is 31.5. The van der Waals surface area contributed by atoms with E-state index in [1.807, 2.05) is 0 Å². The highest BCUT2D eigenvalue weighted by Gasteiger charge is 2.46. The number of anilines is 1. The molecule has 528 valence electrons. The van der Waals surface area contributed by atoms with E-state index in [1.54, 1.807) is 58.2 Å². The Morgan fingerprint density at radius 1 is 0.784 bits per heavy atom. The van der Waals surface area contributed by atoms with Gasteiger partial charge in [0, 0.05) is 61.8 Å². The number of fused-ring (bicyclic) bond motifs is 5. The Kier molecular flexibility index (Phi) is 26.2. The number of nitrogens with zero attached hydrogens (tertiary/aromatic N) is 2. The van der Waals surface area contributed by atoms with Crippen molar-refractivity contribution < 1.29 is 91.4 Å². The molecule has 35 heteroatoms. The summed E-state index contributed by atoms with van der Waals surface area (Å²) in [7, 11) is -2.48. The van der Waals surface area contributed by atoms with E-state index in [2.05, 4.69) is 58.2 Å². The van der Waals surface area contributed by atoms with Gasteiger partial charge in [-0.3, -0.25) is 76.2 Å². The van der Waals surface area contributed by atoms with Crippen molar-refractivity contribution in [2.45, 2.75) is 157 Å². The maximum absolute atomic E-state index is 15.2. The minimum absolute atomic E-state index is 0.0442. The van der Waals surface area contributed by atoms with Crippen LogP contribution >= 0.6 is 11.8 Å². The predicted octanol–water partition coefficient (Wildman–Crippen LogP) is -4.58. The summed E-state index contributed by atoms with van der Waals surface area (Å²) < 4.78 is 21.4. The minimum Gasteiger partial charge on any atom is -0.489 e. The lowest BCUT2D eigenvalue weighted by Gasteiger charge is -2.32. The van der Waals surface area contributed by atoms with Gasteiger partial charge in [-0.25, -0.2) is 0 Å². The van der Waals surface area contributed by atoms with Crippen molar-refractivity contribution in [3.05, 3.63) is 53.6 Å². The molecule has 0 aliphatic carbocycles. The Hall–Kier alpha value is -9.06. The van der Waals surface area contributed by atoms with Crippen LogP contribution in [-0.2, 0) is 91.0 Å². The van der Waals surface area contributed by atoms with E-state index >= 15 is 4.21 Å². The summed E-state index contributed by atoms with van der Waals surface area (Å²) in [4.78, 5) is 196. The van der Waals surface area contributed by atoms with E-state index < -0.39 is 216 Å². The highest BCUT2D eigenvalue weighted by molar-refractivity contribution is 8.00. The monoisotopic (exact) mass is 1390 g/mol. The van der Waals surface area contributed by atoms with E-state index in [-0.39, 0.29) is 65.0 Å². The number of aliphatic hydroxyl groups is 3. The quantitative estimate of drug-likeness (QED) is 0.0474. The number of thioether (sulfide) groups is 1. The molecule has 97 heavy (non-hydrogen) atoms. The lowest BCUT2D eigenvalue weighted by atomic mass is 9.93. The van der Waals surface area contributed by atoms with Crippen molar-refractivity contribution >= 4 is 122 Å². The second kappa shape index (κ2) is 33.7. The van der Waals surface area contributed by atoms with Gasteiger partial charge in [0.25, 0.3) is 0 Å². The fourth-order valence-electron chi connectivity index (χ4n) is 11.3. The lowest BCUT2D eigenvalue weighted by Crippen LogP contribution is -2.62. The molecule has 2 unspecified atom stereocenters. The van der Waals surface area contributed by atoms with Gasteiger partial charge < -0.3 is 88.8 Å². The number of primary amides is 1. The van der Waals surface area contributed by atoms with Crippen molar-refractivity contribution in [3.8, 4) is 5.75 Å². The molecule has 4 aliphatic rings. The molecule has 3 aromatic rings. The molecule has 0 radical (unpaired) electrons. The number of hydrogen-bond acceptors (Lipinski definition) is 20. The number of nitrogens with two attached hydrogens (primary N) is 1. The van der Waals surface area contributed by atoms with Crippen LogP contribution < -0.4 is 63.6 Å². The van der Waals surface area contributed by atoms with Crippen LogP contribution in [0.25, 0.3) is 10.9 Å². The molecule has 7 rings (SSSR count). The normalized spacial score (nSPS) is 25.0. The molecule has 2 aromatic carbocycles. The van der Waals surface area contributed by atoms with Crippen molar-refractivity contribution in [1.82, 2.24) is 62.6 Å². The number of benzene rings is 2. The number of rotatable bonds is 20. The van der Waals surface area contributed by atoms with Crippen LogP contribution in [0.1, 0.15) is 84.8 Å². The second-order valence-electron chi connectivity index (χ2n) is 24.7. The summed E-state index contributed by atoms with van der Waals surface area (Å²) in [6, 6.07) is -1.51. The number of carbonyl (C=O) groups is 14. The number of aromatic nitrogens is 1. The summed E-state index contributed by atoms with van der Waals surface area (Å²) in [5, 5.41) is 56.7. The average Bonchev–Trinajstić information content (AvgIpc) is 1.69. The number of carbonyl (C=O) groups excluding carboxylic acids is 14. The molecule has 33 nitrogen and oxygen atoms in total. The molecule has 4 aliphatic heterocycles. The molecule has 0 saturated carbocycles. The molecular weight excluding hydrogens is 1310 g/mol. The summed E-state index contributed by atoms with van der Waals surface area (Å²) in [5.74, 6) is -15.1. The SMILES string of the molecule is CC[C@H](C)[C@@H]1NC(=O)CNC(=O)[C@@H]2Cc3c([nH]c4cc(OCc5ccc(NC(=O)[C@H](C)NC(=O)[C@@H](NC(=O)CCN6C(=O)CC(SC)C6=O)C(C)C)cc5)ccc34)S(=O)C[C@H](NC(=O)CNC1=O)C(=O)N[C@@H](CC(N)=O)C(=O)N1C[C@H](O)C[C@H]1C(=O)N[C@@H]([C@@H](C)[C@@H](O)CO)C(=O)N2. The van der Waals surface area contributed by atoms with Gasteiger partial charge in [0.2, 0.25) is 82.7 Å². The van der Waals surface area contributed by atoms with Gasteiger partial charge in [0.1, 0.15) is 65.7 Å². The zero-order valence-electron chi connectivity index (χ0n) is 54.5. The zero-order valence-corrected chi connectivity index (χ0v) is 56.1. The number of likely N-dealkylation sites (tertiary alicyclic amines) is 1. The summed E-state index contributed by atoms with van der Waals surface area (Å²) >= 11 is 1.25. The van der Waals surface area contributed by atoms with E-state index in [1.165, 1.54) is 43.8 Å². The van der Waals surface area contributed by atoms with Crippen molar-refractivity contribution in [1.29, 1.82) is 0 Å². The Labute approximate surface area is 563 Å². The topological polar surface area (TPSA) is 495 Å². The zero-order chi connectivity index (χ0) is 71.3. The highest BCUT2D eigenvalue weighted by Crippen LogP contribution is 2.32. The van der Waals surface area contributed by atoms with E-state index in [0.717, 1.165) is 9.80 Å². The summed E-state index contributed by atoms with van der Waals surface area (Å²) in [5.41, 5.74) is 6.74. The van der Waals surface area contributed by atoms with Crippen molar-refractivity contribution in [2.24, 2.45) is 23.5 Å². The Balaban J connectivity index is 1.18. The van der Waals surface area contributed by atoms with Crippen LogP contribution in [0, 0.1) is 17.8 Å². The molecule has 16 N–H and O–H groups in total. The van der Waals surface area contributed by atoms with Gasteiger partial charge in [-0.05, 0) is 60.4 Å². The number of hydrogen-bond donors (Lipinski definition) is 15. The van der Waals surface area contributed by atoms with Crippen LogP contribution in [0.4, 0.5) is 5.69 Å². The lowest BCUT2D eigenvalue weighted by molar-refractivity contribution is -0.144. The number of H-pyrrole nitrogens is 1. The Morgan fingerprint density at radius 2 is 1.46 bits per heavy atom.